The third kappa shape index (κ3) is 6.36. The summed E-state index contributed by atoms with van der Waals surface area (Å²) in [7, 11) is -3.99. The molecule has 2 N–H and O–H groups in total. The number of esters is 1. The summed E-state index contributed by atoms with van der Waals surface area (Å²) in [5, 5.41) is 9.75. The van der Waals surface area contributed by atoms with Crippen molar-refractivity contribution in [3.63, 3.8) is 0 Å². The number of hydrogen-bond acceptors (Lipinski definition) is 9. The fraction of sp³-hybridized carbons (Fsp3) is 0.160. The van der Waals surface area contributed by atoms with Crippen LogP contribution in [0, 0.1) is 0 Å². The zero-order valence-corrected chi connectivity index (χ0v) is 22.7. The van der Waals surface area contributed by atoms with E-state index < -0.39 is 27.8 Å². The first-order chi connectivity index (χ1) is 18.6. The van der Waals surface area contributed by atoms with E-state index in [0.717, 1.165) is 11.3 Å². The number of sulfonamides is 1. The van der Waals surface area contributed by atoms with Crippen molar-refractivity contribution in [1.82, 2.24) is 10.2 Å². The fourth-order valence-electron chi connectivity index (χ4n) is 3.44. The lowest BCUT2D eigenvalue weighted by Crippen LogP contribution is -2.32. The van der Waals surface area contributed by atoms with Gasteiger partial charge in [-0.25, -0.2) is 18.1 Å². The minimum absolute atomic E-state index is 0.0213. The SMILES string of the molecule is CCCCOC(=O)c1cccc(N2C(=O)C(Cl)=C(Nc3ccc(S(=O)(=O)Nc4ccc(Cl)nn4)cc3)C2=O)c1. The standard InChI is InChI=1S/C25H21Cl2N5O6S/c1-2-3-13-38-25(35)15-5-4-6-17(14-15)32-23(33)21(27)22(24(32)34)28-16-7-9-18(10-8-16)39(36,37)31-20-12-11-19(26)29-30-20/h4-12,14,28H,2-3,13H2,1H3,(H,30,31). The first kappa shape index (κ1) is 28.0. The summed E-state index contributed by atoms with van der Waals surface area (Å²) in [5.41, 5.74) is 0.409. The van der Waals surface area contributed by atoms with Gasteiger partial charge in [0, 0.05) is 5.69 Å². The maximum atomic E-state index is 13.1. The molecule has 0 spiro atoms. The lowest BCUT2D eigenvalue weighted by atomic mass is 10.2. The Hall–Kier alpha value is -4.00. The van der Waals surface area contributed by atoms with Gasteiger partial charge in [-0.2, -0.15) is 0 Å². The van der Waals surface area contributed by atoms with Crippen molar-refractivity contribution in [3.05, 3.63) is 82.1 Å². The molecule has 0 bridgehead atoms. The quantitative estimate of drug-likeness (QED) is 0.200. The molecule has 1 aliphatic rings. The molecular formula is C25H21Cl2N5O6S. The van der Waals surface area contributed by atoms with Crippen molar-refractivity contribution in [1.29, 1.82) is 0 Å². The van der Waals surface area contributed by atoms with Crippen molar-refractivity contribution in [3.8, 4) is 0 Å². The van der Waals surface area contributed by atoms with Crippen LogP contribution in [0.1, 0.15) is 30.1 Å². The zero-order chi connectivity index (χ0) is 28.2. The predicted octanol–water partition coefficient (Wildman–Crippen LogP) is 4.32. The molecule has 0 fully saturated rings. The summed E-state index contributed by atoms with van der Waals surface area (Å²) in [6, 6.07) is 14.0. The van der Waals surface area contributed by atoms with Crippen LogP contribution in [0.25, 0.3) is 0 Å². The van der Waals surface area contributed by atoms with Crippen LogP contribution in [0.15, 0.2) is 76.3 Å². The Kier molecular flexibility index (Phi) is 8.48. The van der Waals surface area contributed by atoms with Gasteiger partial charge in [-0.1, -0.05) is 42.6 Å². The van der Waals surface area contributed by atoms with Crippen LogP contribution in [-0.2, 0) is 24.3 Å². The smallest absolute Gasteiger partial charge is 0.338 e. The van der Waals surface area contributed by atoms with Gasteiger partial charge in [0.25, 0.3) is 21.8 Å². The summed E-state index contributed by atoms with van der Waals surface area (Å²) < 4.78 is 32.7. The number of hydrogen-bond donors (Lipinski definition) is 2. The molecule has 0 atom stereocenters. The summed E-state index contributed by atoms with van der Waals surface area (Å²) in [6.45, 7) is 2.22. The Morgan fingerprint density at radius 3 is 2.41 bits per heavy atom. The molecule has 2 amide bonds. The highest BCUT2D eigenvalue weighted by atomic mass is 35.5. The number of unbranched alkanes of at least 4 members (excludes halogenated alkanes) is 1. The topological polar surface area (TPSA) is 148 Å². The average Bonchev–Trinajstić information content (AvgIpc) is 3.13. The molecule has 0 saturated heterocycles. The largest absolute Gasteiger partial charge is 0.462 e. The van der Waals surface area contributed by atoms with Crippen LogP contribution in [0.3, 0.4) is 0 Å². The lowest BCUT2D eigenvalue weighted by molar-refractivity contribution is -0.120. The number of benzene rings is 2. The second-order valence-electron chi connectivity index (χ2n) is 8.17. The molecule has 14 heteroatoms. The highest BCUT2D eigenvalue weighted by Gasteiger charge is 2.39. The molecule has 1 aromatic heterocycles. The number of aromatic nitrogens is 2. The number of rotatable bonds is 10. The number of anilines is 3. The Balaban J connectivity index is 1.48. The Labute approximate surface area is 233 Å². The van der Waals surface area contributed by atoms with Crippen LogP contribution < -0.4 is 14.9 Å². The van der Waals surface area contributed by atoms with Gasteiger partial charge in [0.05, 0.1) is 22.8 Å². The van der Waals surface area contributed by atoms with Crippen molar-refractivity contribution in [2.24, 2.45) is 0 Å². The molecule has 11 nitrogen and oxygen atoms in total. The van der Waals surface area contributed by atoms with Crippen LogP contribution >= 0.6 is 23.2 Å². The van der Waals surface area contributed by atoms with Gasteiger partial charge < -0.3 is 10.1 Å². The van der Waals surface area contributed by atoms with E-state index in [1.807, 2.05) is 6.92 Å². The van der Waals surface area contributed by atoms with E-state index in [0.29, 0.717) is 12.1 Å². The van der Waals surface area contributed by atoms with Gasteiger partial charge in [-0.3, -0.25) is 14.3 Å². The van der Waals surface area contributed by atoms with E-state index >= 15 is 0 Å². The van der Waals surface area contributed by atoms with E-state index in [4.69, 9.17) is 27.9 Å². The molecule has 0 aliphatic carbocycles. The summed E-state index contributed by atoms with van der Waals surface area (Å²) in [5.74, 6) is -2.13. The normalized spacial score (nSPS) is 13.6. The first-order valence-corrected chi connectivity index (χ1v) is 13.8. The highest BCUT2D eigenvalue weighted by Crippen LogP contribution is 2.31. The molecule has 0 saturated carbocycles. The monoisotopic (exact) mass is 589 g/mol. The van der Waals surface area contributed by atoms with Crippen LogP contribution in [0.2, 0.25) is 5.15 Å². The molecular weight excluding hydrogens is 569 g/mol. The van der Waals surface area contributed by atoms with Gasteiger partial charge in [0.15, 0.2) is 11.0 Å². The average molecular weight is 590 g/mol. The number of amides is 2. The molecule has 2 aromatic carbocycles. The van der Waals surface area contributed by atoms with Crippen molar-refractivity contribution in [2.75, 3.05) is 21.5 Å². The number of nitrogens with one attached hydrogen (secondary N) is 2. The molecule has 4 rings (SSSR count). The van der Waals surface area contributed by atoms with Crippen molar-refractivity contribution in [2.45, 2.75) is 24.7 Å². The van der Waals surface area contributed by atoms with Crippen LogP contribution in [-0.4, -0.2) is 43.0 Å². The lowest BCUT2D eigenvalue weighted by Gasteiger charge is -2.16. The zero-order valence-electron chi connectivity index (χ0n) is 20.4. The second-order valence-corrected chi connectivity index (χ2v) is 10.6. The summed E-state index contributed by atoms with van der Waals surface area (Å²) in [6.07, 6.45) is 1.57. The molecule has 0 unspecified atom stereocenters. The molecule has 202 valence electrons. The fourth-order valence-corrected chi connectivity index (χ4v) is 4.75. The van der Waals surface area contributed by atoms with E-state index in [1.54, 1.807) is 0 Å². The Morgan fingerprint density at radius 1 is 1.00 bits per heavy atom. The molecule has 1 aliphatic heterocycles. The molecule has 39 heavy (non-hydrogen) atoms. The van der Waals surface area contributed by atoms with Crippen molar-refractivity contribution < 1.29 is 27.5 Å². The number of halogens is 2. The Bertz CT molecular complexity index is 1560. The molecule has 2 heterocycles. The Morgan fingerprint density at radius 2 is 1.74 bits per heavy atom. The first-order valence-electron chi connectivity index (χ1n) is 11.6. The van der Waals surface area contributed by atoms with E-state index in [9.17, 15) is 22.8 Å². The maximum absolute atomic E-state index is 13.1. The number of ether oxygens (including phenoxy) is 1. The second kappa shape index (κ2) is 11.8. The number of nitrogens with zero attached hydrogens (tertiary/aromatic N) is 3. The number of imide groups is 1. The van der Waals surface area contributed by atoms with Crippen molar-refractivity contribution >= 4 is 68.2 Å². The highest BCUT2D eigenvalue weighted by molar-refractivity contribution is 7.92. The summed E-state index contributed by atoms with van der Waals surface area (Å²) >= 11 is 11.9. The molecule has 0 radical (unpaired) electrons. The van der Waals surface area contributed by atoms with Gasteiger partial charge in [-0.15, -0.1) is 10.2 Å². The number of carbonyl (C=O) groups excluding carboxylic acids is 3. The van der Waals surface area contributed by atoms with E-state index in [2.05, 4.69) is 20.2 Å². The van der Waals surface area contributed by atoms with Gasteiger partial charge in [0.1, 0.15) is 10.7 Å². The number of carbonyl (C=O) groups is 3. The minimum atomic E-state index is -3.99. The predicted molar refractivity (Wildman–Crippen MR) is 145 cm³/mol. The third-order valence-corrected chi connectivity index (χ3v) is 7.33. The van der Waals surface area contributed by atoms with Crippen LogP contribution in [0.5, 0.6) is 0 Å². The van der Waals surface area contributed by atoms with Gasteiger partial charge in [0.2, 0.25) is 0 Å². The van der Waals surface area contributed by atoms with Gasteiger partial charge >= 0.3 is 5.97 Å². The van der Waals surface area contributed by atoms with Gasteiger partial charge in [-0.05, 0) is 61.0 Å². The summed E-state index contributed by atoms with van der Waals surface area (Å²) in [4.78, 5) is 39.0. The third-order valence-electron chi connectivity index (χ3n) is 5.40. The van der Waals surface area contributed by atoms with E-state index in [1.165, 1.54) is 60.7 Å². The minimum Gasteiger partial charge on any atom is -0.462 e. The maximum Gasteiger partial charge on any atom is 0.338 e. The van der Waals surface area contributed by atoms with E-state index in [-0.39, 0.29) is 44.5 Å². The molecule has 3 aromatic rings. The van der Waals surface area contributed by atoms with Crippen LogP contribution in [0.4, 0.5) is 17.2 Å².